The average molecular weight is 514 g/mol. The molecule has 0 unspecified atom stereocenters. The summed E-state index contributed by atoms with van der Waals surface area (Å²) in [7, 11) is 0. The third-order valence-corrected chi connectivity index (χ3v) is 7.98. The molecular weight excluding hydrogens is 489 g/mol. The fraction of sp³-hybridized carbons (Fsp3) is 0.385. The maximum absolute atomic E-state index is 15.3. The SMILES string of the molecule is N#Cc1cn2c(Nc3cc([C@H]4CC[C@@H](OC(=O)NC56CC(C5)C6)[C@@H]4F)[nH]n3)ncc(-c3cccnc3)c2n1. The normalized spacial score (nSPS) is 27.3. The Hall–Kier alpha value is -4.53. The van der Waals surface area contributed by atoms with Crippen molar-refractivity contribution in [2.24, 2.45) is 5.92 Å². The van der Waals surface area contributed by atoms with Crippen molar-refractivity contribution in [1.29, 1.82) is 5.26 Å². The lowest BCUT2D eigenvalue weighted by molar-refractivity contribution is -0.0532. The Morgan fingerprint density at radius 1 is 1.29 bits per heavy atom. The number of alkyl halides is 1. The van der Waals surface area contributed by atoms with Gasteiger partial charge >= 0.3 is 6.09 Å². The van der Waals surface area contributed by atoms with Crippen molar-refractivity contribution in [1.82, 2.24) is 34.9 Å². The van der Waals surface area contributed by atoms with Gasteiger partial charge in [0, 0.05) is 52.9 Å². The van der Waals surface area contributed by atoms with Crippen molar-refractivity contribution in [3.63, 3.8) is 0 Å². The fourth-order valence-corrected chi connectivity index (χ4v) is 5.94. The fourth-order valence-electron chi connectivity index (χ4n) is 5.94. The summed E-state index contributed by atoms with van der Waals surface area (Å²) in [4.78, 5) is 25.4. The number of carbonyl (C=O) groups excluding carboxylic acids is 1. The van der Waals surface area contributed by atoms with Crippen LogP contribution in [0.25, 0.3) is 16.8 Å². The number of hydrogen-bond acceptors (Lipinski definition) is 8. The van der Waals surface area contributed by atoms with Gasteiger partial charge < -0.3 is 15.4 Å². The van der Waals surface area contributed by atoms with E-state index in [9.17, 15) is 10.1 Å². The highest BCUT2D eigenvalue weighted by Crippen LogP contribution is 2.57. The van der Waals surface area contributed by atoms with Gasteiger partial charge in [0.2, 0.25) is 5.95 Å². The van der Waals surface area contributed by atoms with Gasteiger partial charge in [0.25, 0.3) is 0 Å². The number of carbonyl (C=O) groups is 1. The van der Waals surface area contributed by atoms with Gasteiger partial charge in [-0.05, 0) is 44.1 Å². The zero-order valence-electron chi connectivity index (χ0n) is 20.3. The highest BCUT2D eigenvalue weighted by Gasteiger charge is 2.58. The minimum atomic E-state index is -1.34. The van der Waals surface area contributed by atoms with Gasteiger partial charge in [0.05, 0.1) is 6.20 Å². The molecule has 8 rings (SSSR count). The Labute approximate surface area is 216 Å². The molecule has 38 heavy (non-hydrogen) atoms. The molecule has 4 saturated carbocycles. The number of ether oxygens (including phenoxy) is 1. The number of amides is 1. The quantitative estimate of drug-likeness (QED) is 0.351. The lowest BCUT2D eigenvalue weighted by atomic mass is 9.50. The molecule has 192 valence electrons. The summed E-state index contributed by atoms with van der Waals surface area (Å²) in [6.45, 7) is 0. The molecule has 0 spiro atoms. The Balaban J connectivity index is 1.07. The monoisotopic (exact) mass is 513 g/mol. The summed E-state index contributed by atoms with van der Waals surface area (Å²) in [5.74, 6) is 1.10. The number of nitrogens with zero attached hydrogens (tertiary/aromatic N) is 6. The number of fused-ring (bicyclic) bond motifs is 1. The average Bonchev–Trinajstić information content (AvgIpc) is 3.61. The van der Waals surface area contributed by atoms with E-state index in [2.05, 4.69) is 41.9 Å². The van der Waals surface area contributed by atoms with E-state index < -0.39 is 24.3 Å². The predicted octanol–water partition coefficient (Wildman–Crippen LogP) is 3.99. The largest absolute Gasteiger partial charge is 0.443 e. The number of hydrogen-bond donors (Lipinski definition) is 3. The van der Waals surface area contributed by atoms with Crippen LogP contribution in [-0.2, 0) is 4.74 Å². The molecule has 4 aromatic rings. The lowest BCUT2D eigenvalue weighted by Gasteiger charge is -2.61. The Bertz CT molecular complexity index is 1560. The summed E-state index contributed by atoms with van der Waals surface area (Å²) < 4.78 is 22.4. The molecule has 4 heterocycles. The van der Waals surface area contributed by atoms with Crippen molar-refractivity contribution in [2.45, 2.75) is 55.8 Å². The van der Waals surface area contributed by atoms with Crippen LogP contribution in [0, 0.1) is 17.2 Å². The van der Waals surface area contributed by atoms with Gasteiger partial charge in [-0.1, -0.05) is 6.07 Å². The molecule has 4 aliphatic carbocycles. The van der Waals surface area contributed by atoms with Crippen molar-refractivity contribution in [2.75, 3.05) is 5.32 Å². The summed E-state index contributed by atoms with van der Waals surface area (Å²) in [5.41, 5.74) is 2.83. The van der Waals surface area contributed by atoms with Crippen molar-refractivity contribution in [3.05, 3.63) is 54.4 Å². The van der Waals surface area contributed by atoms with Crippen molar-refractivity contribution >= 4 is 23.5 Å². The highest BCUT2D eigenvalue weighted by molar-refractivity contribution is 5.78. The molecule has 4 aromatic heterocycles. The zero-order valence-corrected chi connectivity index (χ0v) is 20.3. The van der Waals surface area contributed by atoms with Crippen LogP contribution in [0.1, 0.15) is 49.4 Å². The van der Waals surface area contributed by atoms with Crippen LogP contribution >= 0.6 is 0 Å². The molecule has 11 nitrogen and oxygen atoms in total. The first-order chi connectivity index (χ1) is 18.5. The topological polar surface area (TPSA) is 146 Å². The molecule has 2 bridgehead atoms. The minimum absolute atomic E-state index is 0.103. The second kappa shape index (κ2) is 8.51. The molecule has 0 radical (unpaired) electrons. The number of alkyl carbamates (subject to hydrolysis) is 1. The summed E-state index contributed by atoms with van der Waals surface area (Å²) in [6.07, 6.45) is 7.97. The van der Waals surface area contributed by atoms with E-state index in [1.807, 2.05) is 12.1 Å². The van der Waals surface area contributed by atoms with Crippen LogP contribution in [0.3, 0.4) is 0 Å². The number of aromatic nitrogens is 6. The number of pyridine rings is 1. The third kappa shape index (κ3) is 3.73. The number of halogens is 1. The van der Waals surface area contributed by atoms with Gasteiger partial charge in [-0.3, -0.25) is 14.5 Å². The first kappa shape index (κ1) is 22.7. The molecule has 0 aromatic carbocycles. The van der Waals surface area contributed by atoms with Crippen LogP contribution in [0.15, 0.2) is 43.0 Å². The van der Waals surface area contributed by atoms with E-state index in [0.29, 0.717) is 35.9 Å². The number of rotatable bonds is 6. The molecule has 4 aliphatic rings. The molecule has 0 aliphatic heterocycles. The predicted molar refractivity (Wildman–Crippen MR) is 133 cm³/mol. The van der Waals surface area contributed by atoms with Crippen LogP contribution in [0.2, 0.25) is 0 Å². The van der Waals surface area contributed by atoms with Gasteiger partial charge in [0.1, 0.15) is 18.3 Å². The van der Waals surface area contributed by atoms with E-state index in [1.54, 1.807) is 35.3 Å². The lowest BCUT2D eigenvalue weighted by Crippen LogP contribution is -2.68. The molecule has 0 saturated heterocycles. The van der Waals surface area contributed by atoms with Gasteiger partial charge in [0.15, 0.2) is 17.2 Å². The van der Waals surface area contributed by atoms with Crippen molar-refractivity contribution < 1.29 is 13.9 Å². The number of aromatic amines is 1. The van der Waals surface area contributed by atoms with Crippen LogP contribution < -0.4 is 10.6 Å². The van der Waals surface area contributed by atoms with Crippen LogP contribution in [-0.4, -0.2) is 53.5 Å². The standard InChI is InChI=1S/C26H24FN9O2/c27-22-17(3-4-20(22)38-25(37)33-26-7-14(8-26)9-26)19-6-21(35-34-19)32-24-30-12-18(15-2-1-5-29-11-15)23-31-16(10-28)13-36(23)24/h1-2,5-6,11-14,17,20,22H,3-4,7-9H2,(H,33,37)(H2,30,32,34,35)/t14?,17-,20-,22-,26?/m1/s1. The molecule has 3 atom stereocenters. The number of anilines is 2. The van der Waals surface area contributed by atoms with E-state index in [-0.39, 0.29) is 11.2 Å². The summed E-state index contributed by atoms with van der Waals surface area (Å²) in [5, 5.41) is 22.7. The van der Waals surface area contributed by atoms with Gasteiger partial charge in [-0.25, -0.2) is 19.2 Å². The highest BCUT2D eigenvalue weighted by atomic mass is 19.1. The van der Waals surface area contributed by atoms with E-state index in [1.165, 1.54) is 0 Å². The summed E-state index contributed by atoms with van der Waals surface area (Å²) >= 11 is 0. The van der Waals surface area contributed by atoms with Crippen LogP contribution in [0.4, 0.5) is 21.0 Å². The molecule has 12 heteroatoms. The molecule has 1 amide bonds. The second-order valence-corrected chi connectivity index (χ2v) is 10.5. The van der Waals surface area contributed by atoms with Crippen molar-refractivity contribution in [3.8, 4) is 17.2 Å². The number of nitriles is 1. The minimum Gasteiger partial charge on any atom is -0.443 e. The third-order valence-electron chi connectivity index (χ3n) is 7.98. The van der Waals surface area contributed by atoms with Gasteiger partial charge in [-0.2, -0.15) is 10.4 Å². The Morgan fingerprint density at radius 3 is 2.89 bits per heavy atom. The molecule has 4 fully saturated rings. The zero-order chi connectivity index (χ0) is 25.9. The van der Waals surface area contributed by atoms with Gasteiger partial charge in [-0.15, -0.1) is 0 Å². The molecule has 3 N–H and O–H groups in total. The Morgan fingerprint density at radius 2 is 2.16 bits per heavy atom. The number of nitrogens with one attached hydrogen (secondary N) is 3. The van der Waals surface area contributed by atoms with E-state index >= 15 is 4.39 Å². The maximum Gasteiger partial charge on any atom is 0.407 e. The Kier molecular flexibility index (Phi) is 5.07. The summed E-state index contributed by atoms with van der Waals surface area (Å²) in [6, 6.07) is 7.50. The van der Waals surface area contributed by atoms with E-state index in [0.717, 1.165) is 36.3 Å². The van der Waals surface area contributed by atoms with Crippen LogP contribution in [0.5, 0.6) is 0 Å². The number of H-pyrrole nitrogens is 1. The molecular formula is C26H24FN9O2. The first-order valence-electron chi connectivity index (χ1n) is 12.6. The second-order valence-electron chi connectivity index (χ2n) is 10.5. The first-order valence-corrected chi connectivity index (χ1v) is 12.6. The smallest absolute Gasteiger partial charge is 0.407 e. The maximum atomic E-state index is 15.3. The number of imidazole rings is 1. The van der Waals surface area contributed by atoms with E-state index in [4.69, 9.17) is 4.74 Å².